The van der Waals surface area contributed by atoms with Gasteiger partial charge < -0.3 is 5.32 Å². The Morgan fingerprint density at radius 3 is 2.82 bits per heavy atom. The Balaban J connectivity index is 2.26. The molecule has 2 aromatic rings. The minimum Gasteiger partial charge on any atom is -0.307 e. The van der Waals surface area contributed by atoms with E-state index in [1.165, 1.54) is 0 Å². The fraction of sp³-hybridized carbons (Fsp3) is 0.375. The molecule has 2 aromatic heterocycles. The van der Waals surface area contributed by atoms with Crippen LogP contribution in [0, 0.1) is 0 Å². The molecule has 2 rings (SSSR count). The van der Waals surface area contributed by atoms with Gasteiger partial charge in [-0.3, -0.25) is 0 Å². The standard InChI is InChI=1S/C8H8F3N5S/c1-2-3-12-4-5-15-16-6(8(9,10)11)13-14-7(16)17-5/h2,12H,1,3-4H2. The average molecular weight is 263 g/mol. The van der Waals surface area contributed by atoms with Gasteiger partial charge in [-0.15, -0.1) is 16.8 Å². The maximum atomic E-state index is 12.5. The van der Waals surface area contributed by atoms with Crippen LogP contribution in [0.3, 0.4) is 0 Å². The molecule has 0 atom stereocenters. The van der Waals surface area contributed by atoms with E-state index in [2.05, 4.69) is 27.2 Å². The molecule has 0 unspecified atom stereocenters. The summed E-state index contributed by atoms with van der Waals surface area (Å²) in [5.74, 6) is -1.10. The van der Waals surface area contributed by atoms with Crippen LogP contribution >= 0.6 is 11.3 Å². The van der Waals surface area contributed by atoms with Crippen LogP contribution in [0.4, 0.5) is 13.2 Å². The van der Waals surface area contributed by atoms with Crippen molar-refractivity contribution in [3.63, 3.8) is 0 Å². The third-order valence-electron chi connectivity index (χ3n) is 1.85. The van der Waals surface area contributed by atoms with E-state index in [-0.39, 0.29) is 4.96 Å². The molecule has 0 aliphatic carbocycles. The van der Waals surface area contributed by atoms with Crippen molar-refractivity contribution in [3.8, 4) is 0 Å². The number of alkyl halides is 3. The molecule has 92 valence electrons. The fourth-order valence-electron chi connectivity index (χ4n) is 1.19. The van der Waals surface area contributed by atoms with Crippen molar-refractivity contribution in [1.29, 1.82) is 0 Å². The quantitative estimate of drug-likeness (QED) is 0.670. The minimum atomic E-state index is -4.54. The predicted octanol–water partition coefficient (Wildman–Crippen LogP) is 1.48. The van der Waals surface area contributed by atoms with Gasteiger partial charge in [0.1, 0.15) is 5.01 Å². The predicted molar refractivity (Wildman–Crippen MR) is 55.6 cm³/mol. The van der Waals surface area contributed by atoms with E-state index in [1.807, 2.05) is 0 Å². The van der Waals surface area contributed by atoms with Crippen LogP contribution in [0.15, 0.2) is 12.7 Å². The van der Waals surface area contributed by atoms with Gasteiger partial charge in [-0.1, -0.05) is 17.4 Å². The summed E-state index contributed by atoms with van der Waals surface area (Å²) in [6.07, 6.45) is -2.89. The summed E-state index contributed by atoms with van der Waals surface area (Å²) >= 11 is 1.07. The SMILES string of the molecule is C=CCNCc1nn2c(C(F)(F)F)nnc2s1. The molecule has 0 saturated carbocycles. The monoisotopic (exact) mass is 263 g/mol. The minimum absolute atomic E-state index is 0.132. The van der Waals surface area contributed by atoms with E-state index in [0.717, 1.165) is 15.9 Å². The summed E-state index contributed by atoms with van der Waals surface area (Å²) in [6.45, 7) is 4.45. The van der Waals surface area contributed by atoms with Crippen molar-refractivity contribution in [2.24, 2.45) is 0 Å². The molecular weight excluding hydrogens is 255 g/mol. The summed E-state index contributed by atoms with van der Waals surface area (Å²) in [7, 11) is 0. The zero-order valence-electron chi connectivity index (χ0n) is 8.53. The highest BCUT2D eigenvalue weighted by Gasteiger charge is 2.38. The van der Waals surface area contributed by atoms with Gasteiger partial charge in [0.25, 0.3) is 5.82 Å². The van der Waals surface area contributed by atoms with Crippen molar-refractivity contribution in [2.45, 2.75) is 12.7 Å². The van der Waals surface area contributed by atoms with Crippen LogP contribution in [0.2, 0.25) is 0 Å². The maximum absolute atomic E-state index is 12.5. The molecule has 0 bridgehead atoms. The topological polar surface area (TPSA) is 55.1 Å². The lowest BCUT2D eigenvalue weighted by Gasteiger charge is -2.00. The first-order valence-electron chi connectivity index (χ1n) is 4.62. The Kier molecular flexibility index (Phi) is 3.11. The zero-order valence-corrected chi connectivity index (χ0v) is 9.35. The van der Waals surface area contributed by atoms with E-state index in [4.69, 9.17) is 0 Å². The van der Waals surface area contributed by atoms with E-state index in [0.29, 0.717) is 18.1 Å². The number of hydrogen-bond donors (Lipinski definition) is 1. The molecule has 5 nitrogen and oxygen atoms in total. The van der Waals surface area contributed by atoms with Crippen molar-refractivity contribution >= 4 is 16.3 Å². The van der Waals surface area contributed by atoms with Gasteiger partial charge in [-0.2, -0.15) is 22.8 Å². The van der Waals surface area contributed by atoms with Gasteiger partial charge in [0.2, 0.25) is 4.96 Å². The van der Waals surface area contributed by atoms with Gasteiger partial charge in [0, 0.05) is 13.1 Å². The summed E-state index contributed by atoms with van der Waals surface area (Å²) in [5, 5.41) is 13.8. The van der Waals surface area contributed by atoms with Gasteiger partial charge in [0.05, 0.1) is 0 Å². The maximum Gasteiger partial charge on any atom is 0.453 e. The molecule has 9 heteroatoms. The molecule has 0 aliphatic rings. The molecule has 0 aromatic carbocycles. The number of fused-ring (bicyclic) bond motifs is 1. The van der Waals surface area contributed by atoms with E-state index in [9.17, 15) is 13.2 Å². The second kappa shape index (κ2) is 4.41. The van der Waals surface area contributed by atoms with E-state index in [1.54, 1.807) is 6.08 Å². The molecule has 0 amide bonds. The first-order valence-corrected chi connectivity index (χ1v) is 5.44. The molecule has 0 fully saturated rings. The lowest BCUT2D eigenvalue weighted by molar-refractivity contribution is -0.146. The Morgan fingerprint density at radius 2 is 2.18 bits per heavy atom. The summed E-state index contributed by atoms with van der Waals surface area (Å²) in [4.78, 5) is 0.132. The molecule has 0 aliphatic heterocycles. The smallest absolute Gasteiger partial charge is 0.307 e. The third kappa shape index (κ3) is 2.44. The van der Waals surface area contributed by atoms with E-state index < -0.39 is 12.0 Å². The summed E-state index contributed by atoms with van der Waals surface area (Å²) < 4.78 is 38.2. The van der Waals surface area contributed by atoms with Crippen LogP contribution in [-0.2, 0) is 12.7 Å². The molecule has 0 spiro atoms. The Hall–Kier alpha value is -1.48. The summed E-state index contributed by atoms with van der Waals surface area (Å²) in [5.41, 5.74) is 0. The lowest BCUT2D eigenvalue weighted by Crippen LogP contribution is -2.14. The molecule has 17 heavy (non-hydrogen) atoms. The zero-order chi connectivity index (χ0) is 12.5. The first kappa shape index (κ1) is 12.0. The van der Waals surface area contributed by atoms with Crippen molar-refractivity contribution in [1.82, 2.24) is 25.1 Å². The second-order valence-corrected chi connectivity index (χ2v) is 4.17. The highest BCUT2D eigenvalue weighted by Crippen LogP contribution is 2.28. The molecule has 0 radical (unpaired) electrons. The van der Waals surface area contributed by atoms with Gasteiger partial charge >= 0.3 is 6.18 Å². The number of aromatic nitrogens is 4. The number of rotatable bonds is 4. The third-order valence-corrected chi connectivity index (χ3v) is 2.75. The van der Waals surface area contributed by atoms with Gasteiger partial charge in [0.15, 0.2) is 0 Å². The lowest BCUT2D eigenvalue weighted by atomic mass is 10.6. The van der Waals surface area contributed by atoms with Crippen LogP contribution in [-0.4, -0.2) is 26.4 Å². The molecular formula is C8H8F3N5S. The second-order valence-electron chi connectivity index (χ2n) is 3.13. The normalized spacial score (nSPS) is 12.2. The molecule has 0 saturated heterocycles. The number of hydrogen-bond acceptors (Lipinski definition) is 5. The van der Waals surface area contributed by atoms with Crippen LogP contribution in [0.5, 0.6) is 0 Å². The molecule has 1 N–H and O–H groups in total. The Morgan fingerprint density at radius 1 is 1.41 bits per heavy atom. The number of nitrogens with one attached hydrogen (secondary N) is 1. The Labute approximate surface area is 98.0 Å². The van der Waals surface area contributed by atoms with Crippen LogP contribution < -0.4 is 5.32 Å². The van der Waals surface area contributed by atoms with Crippen LogP contribution in [0.1, 0.15) is 10.8 Å². The average Bonchev–Trinajstić information content (AvgIpc) is 2.74. The highest BCUT2D eigenvalue weighted by molar-refractivity contribution is 7.16. The van der Waals surface area contributed by atoms with Gasteiger partial charge in [-0.05, 0) is 0 Å². The number of nitrogens with zero attached hydrogens (tertiary/aromatic N) is 4. The largest absolute Gasteiger partial charge is 0.453 e. The van der Waals surface area contributed by atoms with Crippen molar-refractivity contribution < 1.29 is 13.2 Å². The Bertz CT molecular complexity index is 529. The summed E-state index contributed by atoms with van der Waals surface area (Å²) in [6, 6.07) is 0. The highest BCUT2D eigenvalue weighted by atomic mass is 32.1. The van der Waals surface area contributed by atoms with Crippen LogP contribution in [0.25, 0.3) is 4.96 Å². The first-order chi connectivity index (χ1) is 8.02. The van der Waals surface area contributed by atoms with E-state index >= 15 is 0 Å². The van der Waals surface area contributed by atoms with Crippen molar-refractivity contribution in [2.75, 3.05) is 6.54 Å². The van der Waals surface area contributed by atoms with Crippen molar-refractivity contribution in [3.05, 3.63) is 23.5 Å². The molecule has 2 heterocycles. The van der Waals surface area contributed by atoms with Gasteiger partial charge in [-0.25, -0.2) is 0 Å². The fourth-order valence-corrected chi connectivity index (χ4v) is 1.99. The number of halogens is 3.